The summed E-state index contributed by atoms with van der Waals surface area (Å²) in [6.45, 7) is 3.86. The molecule has 2 heterocycles. The van der Waals surface area contributed by atoms with Crippen LogP contribution >= 0.6 is 0 Å². The molecule has 0 N–H and O–H groups in total. The minimum atomic E-state index is 0.0661. The van der Waals surface area contributed by atoms with Crippen molar-refractivity contribution in [2.75, 3.05) is 0 Å². The van der Waals surface area contributed by atoms with Crippen LogP contribution in [-0.2, 0) is 0 Å². The molecule has 0 spiro atoms. The maximum atomic E-state index is 8.53. The molecular weight excluding hydrogens is 230 g/mol. The highest BCUT2D eigenvalue weighted by atomic mass is 16.5. The van der Waals surface area contributed by atoms with Crippen molar-refractivity contribution < 1.29 is 4.52 Å². The Kier molecular flexibility index (Phi) is 3.63. The molecule has 0 saturated carbocycles. The summed E-state index contributed by atoms with van der Waals surface area (Å²) >= 11 is 0. The minimum Gasteiger partial charge on any atom is -0.339 e. The van der Waals surface area contributed by atoms with Crippen LogP contribution in [0.4, 0.5) is 0 Å². The third-order valence-corrected chi connectivity index (χ3v) is 2.53. The van der Waals surface area contributed by atoms with Gasteiger partial charge in [0.05, 0.1) is 6.07 Å². The zero-order valence-electron chi connectivity index (χ0n) is 10.3. The highest BCUT2D eigenvalue weighted by Gasteiger charge is 2.16. The fourth-order valence-corrected chi connectivity index (χ4v) is 1.44. The van der Waals surface area contributed by atoms with Gasteiger partial charge in [-0.05, 0) is 18.9 Å². The molecule has 0 radical (unpaired) electrons. The van der Waals surface area contributed by atoms with Crippen molar-refractivity contribution in [3.63, 3.8) is 0 Å². The third-order valence-electron chi connectivity index (χ3n) is 2.53. The maximum Gasteiger partial charge on any atom is 0.240 e. The number of hydrogen-bond donors (Lipinski definition) is 0. The summed E-state index contributed by atoms with van der Waals surface area (Å²) in [6, 6.07) is 2.10. The Labute approximate surface area is 105 Å². The van der Waals surface area contributed by atoms with E-state index in [0.717, 1.165) is 5.56 Å². The van der Waals surface area contributed by atoms with Gasteiger partial charge in [0, 0.05) is 24.7 Å². The lowest BCUT2D eigenvalue weighted by atomic mass is 10.1. The van der Waals surface area contributed by atoms with Crippen molar-refractivity contribution in [2.24, 2.45) is 0 Å². The highest BCUT2D eigenvalue weighted by Crippen LogP contribution is 2.20. The Balaban J connectivity index is 2.15. The monoisotopic (exact) mass is 243 g/mol. The lowest BCUT2D eigenvalue weighted by molar-refractivity contribution is 0.354. The quantitative estimate of drug-likeness (QED) is 0.818. The molecule has 2 rings (SSSR count). The molecule has 0 fully saturated rings. The number of nitrogens with zero attached hydrogens (tertiary/aromatic N) is 5. The topological polar surface area (TPSA) is 88.5 Å². The molecular formula is C12H13N5O. The molecule has 2 aromatic heterocycles. The maximum absolute atomic E-state index is 8.53. The molecule has 0 aliphatic rings. The zero-order valence-corrected chi connectivity index (χ0v) is 10.3. The van der Waals surface area contributed by atoms with Crippen LogP contribution in [0.25, 0.3) is 11.6 Å². The predicted molar refractivity (Wildman–Crippen MR) is 63.3 cm³/mol. The fourth-order valence-electron chi connectivity index (χ4n) is 1.44. The summed E-state index contributed by atoms with van der Waals surface area (Å²) in [5, 5.41) is 12.4. The van der Waals surface area contributed by atoms with E-state index >= 15 is 0 Å². The third kappa shape index (κ3) is 2.69. The van der Waals surface area contributed by atoms with Gasteiger partial charge >= 0.3 is 0 Å². The number of nitriles is 1. The van der Waals surface area contributed by atoms with E-state index in [1.54, 1.807) is 12.4 Å². The molecule has 0 aliphatic carbocycles. The van der Waals surface area contributed by atoms with Crippen LogP contribution in [0.2, 0.25) is 0 Å². The van der Waals surface area contributed by atoms with E-state index in [2.05, 4.69) is 26.2 Å². The van der Waals surface area contributed by atoms with E-state index in [-0.39, 0.29) is 5.92 Å². The van der Waals surface area contributed by atoms with Crippen LogP contribution in [0.1, 0.15) is 37.1 Å². The second-order valence-corrected chi connectivity index (χ2v) is 4.14. The van der Waals surface area contributed by atoms with Crippen molar-refractivity contribution in [3.05, 3.63) is 23.8 Å². The van der Waals surface area contributed by atoms with Crippen molar-refractivity contribution in [1.29, 1.82) is 5.26 Å². The van der Waals surface area contributed by atoms with Gasteiger partial charge in [-0.2, -0.15) is 10.2 Å². The van der Waals surface area contributed by atoms with E-state index in [1.165, 1.54) is 0 Å². The Morgan fingerprint density at radius 3 is 2.72 bits per heavy atom. The van der Waals surface area contributed by atoms with Crippen LogP contribution in [0, 0.1) is 18.3 Å². The van der Waals surface area contributed by atoms with Crippen LogP contribution in [-0.4, -0.2) is 20.1 Å². The molecule has 0 aromatic carbocycles. The van der Waals surface area contributed by atoms with E-state index in [1.807, 2.05) is 13.8 Å². The molecule has 6 nitrogen and oxygen atoms in total. The summed E-state index contributed by atoms with van der Waals surface area (Å²) in [7, 11) is 0. The fraction of sp³-hybridized carbons (Fsp3) is 0.417. The Bertz CT molecular complexity index is 555. The van der Waals surface area contributed by atoms with Gasteiger partial charge in [-0.25, -0.2) is 9.97 Å². The lowest BCUT2D eigenvalue weighted by Gasteiger charge is -2.00. The summed E-state index contributed by atoms with van der Waals surface area (Å²) in [4.78, 5) is 12.5. The number of aryl methyl sites for hydroxylation is 1. The van der Waals surface area contributed by atoms with Gasteiger partial charge in [-0.1, -0.05) is 12.1 Å². The Hall–Kier alpha value is -2.29. The largest absolute Gasteiger partial charge is 0.339 e. The molecule has 6 heteroatoms. The van der Waals surface area contributed by atoms with Gasteiger partial charge in [0.2, 0.25) is 17.5 Å². The first-order valence-corrected chi connectivity index (χ1v) is 5.70. The molecule has 1 atom stereocenters. The highest BCUT2D eigenvalue weighted by molar-refractivity contribution is 5.41. The first-order valence-electron chi connectivity index (χ1n) is 5.70. The smallest absolute Gasteiger partial charge is 0.240 e. The first kappa shape index (κ1) is 12.2. The van der Waals surface area contributed by atoms with E-state index in [9.17, 15) is 0 Å². The molecule has 2 aromatic rings. The Morgan fingerprint density at radius 2 is 2.06 bits per heavy atom. The summed E-state index contributed by atoms with van der Waals surface area (Å²) in [6.07, 6.45) is 4.59. The van der Waals surface area contributed by atoms with Crippen molar-refractivity contribution in [2.45, 2.75) is 32.6 Å². The van der Waals surface area contributed by atoms with Crippen LogP contribution < -0.4 is 0 Å². The normalized spacial score (nSPS) is 12.1. The minimum absolute atomic E-state index is 0.0661. The average molecular weight is 243 g/mol. The molecule has 0 bridgehead atoms. The van der Waals surface area contributed by atoms with Gasteiger partial charge < -0.3 is 4.52 Å². The molecule has 92 valence electrons. The summed E-state index contributed by atoms with van der Waals surface area (Å²) in [5.41, 5.74) is 0.977. The van der Waals surface area contributed by atoms with Gasteiger partial charge in [0.1, 0.15) is 0 Å². The van der Waals surface area contributed by atoms with Crippen LogP contribution in [0.5, 0.6) is 0 Å². The number of aromatic nitrogens is 4. The molecule has 0 saturated heterocycles. The van der Waals surface area contributed by atoms with Gasteiger partial charge in [-0.3, -0.25) is 0 Å². The number of hydrogen-bond acceptors (Lipinski definition) is 6. The SMILES string of the molecule is Cc1cnc(-c2noc(C(C)CCC#N)n2)nc1. The second-order valence-electron chi connectivity index (χ2n) is 4.14. The molecule has 0 amide bonds. The standard InChI is InChI=1S/C12H13N5O/c1-8-6-14-10(15-7-8)11-16-12(18-17-11)9(2)4-3-5-13/h6-7,9H,3-4H2,1-2H3. The average Bonchev–Trinajstić information content (AvgIpc) is 2.86. The van der Waals surface area contributed by atoms with E-state index < -0.39 is 0 Å². The van der Waals surface area contributed by atoms with Crippen LogP contribution in [0.3, 0.4) is 0 Å². The van der Waals surface area contributed by atoms with Gasteiger partial charge in [0.25, 0.3) is 0 Å². The van der Waals surface area contributed by atoms with Crippen molar-refractivity contribution in [3.8, 4) is 17.7 Å². The van der Waals surface area contributed by atoms with Crippen LogP contribution in [0.15, 0.2) is 16.9 Å². The summed E-state index contributed by atoms with van der Waals surface area (Å²) in [5.74, 6) is 1.41. The van der Waals surface area contributed by atoms with Gasteiger partial charge in [-0.15, -0.1) is 0 Å². The molecule has 0 aliphatic heterocycles. The number of rotatable bonds is 4. The summed E-state index contributed by atoms with van der Waals surface area (Å²) < 4.78 is 5.16. The first-order chi connectivity index (χ1) is 8.70. The van der Waals surface area contributed by atoms with E-state index in [0.29, 0.717) is 30.4 Å². The molecule has 18 heavy (non-hydrogen) atoms. The molecule has 1 unspecified atom stereocenters. The van der Waals surface area contributed by atoms with Gasteiger partial charge in [0.15, 0.2) is 0 Å². The second kappa shape index (κ2) is 5.36. The van der Waals surface area contributed by atoms with E-state index in [4.69, 9.17) is 9.78 Å². The Morgan fingerprint density at radius 1 is 1.33 bits per heavy atom. The lowest BCUT2D eigenvalue weighted by Crippen LogP contribution is -1.94. The zero-order chi connectivity index (χ0) is 13.0. The van der Waals surface area contributed by atoms with Crippen molar-refractivity contribution in [1.82, 2.24) is 20.1 Å². The van der Waals surface area contributed by atoms with Crippen molar-refractivity contribution >= 4 is 0 Å². The predicted octanol–water partition coefficient (Wildman–Crippen LogP) is 2.24.